The number of hydrogen-bond donors (Lipinski definition) is 1. The Labute approximate surface area is 199 Å². The van der Waals surface area contributed by atoms with Crippen molar-refractivity contribution in [1.82, 2.24) is 9.99 Å². The van der Waals surface area contributed by atoms with Crippen LogP contribution in [0.1, 0.15) is 21.5 Å². The zero-order chi connectivity index (χ0) is 22.0. The minimum atomic E-state index is -0.422. The Morgan fingerprint density at radius 3 is 2.39 bits per heavy atom. The van der Waals surface area contributed by atoms with E-state index in [1.165, 1.54) is 6.07 Å². The van der Waals surface area contributed by atoms with Gasteiger partial charge in [-0.2, -0.15) is 5.10 Å². The molecule has 0 aliphatic carbocycles. The second kappa shape index (κ2) is 9.33. The summed E-state index contributed by atoms with van der Waals surface area (Å²) in [5.41, 5.74) is 5.61. The van der Waals surface area contributed by atoms with Crippen molar-refractivity contribution in [2.75, 3.05) is 0 Å². The van der Waals surface area contributed by atoms with Crippen LogP contribution >= 0.6 is 46.4 Å². The number of hydrazone groups is 1. The Bertz CT molecular complexity index is 1310. The molecular formula is C23H15Cl4N3O. The van der Waals surface area contributed by atoms with Gasteiger partial charge in [-0.05, 0) is 42.0 Å². The highest BCUT2D eigenvalue weighted by Crippen LogP contribution is 2.26. The minimum Gasteiger partial charge on any atom is -0.342 e. The highest BCUT2D eigenvalue weighted by atomic mass is 35.5. The van der Waals surface area contributed by atoms with Gasteiger partial charge in [0.2, 0.25) is 0 Å². The fourth-order valence-electron chi connectivity index (χ4n) is 3.24. The van der Waals surface area contributed by atoms with Gasteiger partial charge in [-0.3, -0.25) is 4.79 Å². The van der Waals surface area contributed by atoms with Crippen molar-refractivity contribution in [2.45, 2.75) is 6.54 Å². The van der Waals surface area contributed by atoms with Crippen LogP contribution in [0, 0.1) is 0 Å². The van der Waals surface area contributed by atoms with Crippen LogP contribution in [-0.4, -0.2) is 16.7 Å². The Morgan fingerprint density at radius 1 is 0.935 bits per heavy atom. The average Bonchev–Trinajstić information content (AvgIpc) is 3.08. The molecule has 0 saturated heterocycles. The molecule has 156 valence electrons. The maximum atomic E-state index is 12.4. The second-order valence-corrected chi connectivity index (χ2v) is 8.48. The summed E-state index contributed by atoms with van der Waals surface area (Å²) in [6, 6.07) is 18.0. The number of rotatable bonds is 5. The molecule has 0 fully saturated rings. The van der Waals surface area contributed by atoms with Gasteiger partial charge in [-0.1, -0.05) is 70.7 Å². The van der Waals surface area contributed by atoms with E-state index < -0.39 is 5.91 Å². The van der Waals surface area contributed by atoms with E-state index in [1.54, 1.807) is 24.4 Å². The third kappa shape index (κ3) is 4.89. The molecule has 31 heavy (non-hydrogen) atoms. The molecule has 4 rings (SSSR count). The fourth-order valence-corrected chi connectivity index (χ4v) is 4.20. The molecule has 1 amide bonds. The third-order valence-electron chi connectivity index (χ3n) is 4.72. The van der Waals surface area contributed by atoms with Crippen molar-refractivity contribution in [2.24, 2.45) is 5.10 Å². The van der Waals surface area contributed by atoms with Crippen LogP contribution < -0.4 is 5.43 Å². The van der Waals surface area contributed by atoms with E-state index in [-0.39, 0.29) is 5.02 Å². The van der Waals surface area contributed by atoms with Crippen molar-refractivity contribution in [3.05, 3.63) is 104 Å². The molecule has 4 nitrogen and oxygen atoms in total. The van der Waals surface area contributed by atoms with Gasteiger partial charge in [0.05, 0.1) is 16.8 Å². The first-order chi connectivity index (χ1) is 14.9. The number of carbonyl (C=O) groups is 1. The van der Waals surface area contributed by atoms with Crippen molar-refractivity contribution in [3.63, 3.8) is 0 Å². The maximum Gasteiger partial charge on any atom is 0.272 e. The van der Waals surface area contributed by atoms with E-state index in [1.807, 2.05) is 42.6 Å². The van der Waals surface area contributed by atoms with E-state index in [0.717, 1.165) is 22.0 Å². The van der Waals surface area contributed by atoms with E-state index in [2.05, 4.69) is 15.1 Å². The molecule has 0 aliphatic heterocycles. The number of benzene rings is 3. The summed E-state index contributed by atoms with van der Waals surface area (Å²) in [6.07, 6.45) is 3.56. The number of para-hydroxylation sites is 1. The summed E-state index contributed by atoms with van der Waals surface area (Å²) in [6.45, 7) is 0.567. The molecule has 0 unspecified atom stereocenters. The summed E-state index contributed by atoms with van der Waals surface area (Å²) in [5.74, 6) is -0.422. The Balaban J connectivity index is 1.58. The Morgan fingerprint density at radius 2 is 1.65 bits per heavy atom. The van der Waals surface area contributed by atoms with Gasteiger partial charge < -0.3 is 4.57 Å². The van der Waals surface area contributed by atoms with Crippen LogP contribution in [0.3, 0.4) is 0 Å². The Kier molecular flexibility index (Phi) is 6.54. The predicted molar refractivity (Wildman–Crippen MR) is 129 cm³/mol. The Hall–Kier alpha value is -2.50. The van der Waals surface area contributed by atoms with Gasteiger partial charge in [-0.25, -0.2) is 5.43 Å². The number of amides is 1. The smallest absolute Gasteiger partial charge is 0.272 e. The van der Waals surface area contributed by atoms with Crippen LogP contribution in [0.15, 0.2) is 72.0 Å². The topological polar surface area (TPSA) is 46.4 Å². The second-order valence-electron chi connectivity index (χ2n) is 6.79. The lowest BCUT2D eigenvalue weighted by atomic mass is 10.2. The monoisotopic (exact) mass is 489 g/mol. The number of nitrogens with one attached hydrogen (secondary N) is 1. The van der Waals surface area contributed by atoms with Crippen LogP contribution in [0.5, 0.6) is 0 Å². The minimum absolute atomic E-state index is 0.261. The number of aromatic nitrogens is 1. The van der Waals surface area contributed by atoms with Crippen LogP contribution in [0.2, 0.25) is 20.1 Å². The first kappa shape index (κ1) is 21.7. The molecule has 4 aromatic rings. The average molecular weight is 491 g/mol. The molecule has 8 heteroatoms. The summed E-state index contributed by atoms with van der Waals surface area (Å²) in [7, 11) is 0. The predicted octanol–water partition coefficient (Wildman–Crippen LogP) is 7.07. The third-order valence-corrected chi connectivity index (χ3v) is 5.86. The summed E-state index contributed by atoms with van der Waals surface area (Å²) in [5, 5.41) is 7.02. The lowest BCUT2D eigenvalue weighted by Crippen LogP contribution is -2.18. The van der Waals surface area contributed by atoms with Crippen LogP contribution in [0.4, 0.5) is 0 Å². The SMILES string of the molecule is O=C(N/N=C\c1cn(Cc2ccc(Cl)cc2Cl)c2ccccc12)c1ccc(Cl)cc1Cl. The molecule has 0 radical (unpaired) electrons. The largest absolute Gasteiger partial charge is 0.342 e. The lowest BCUT2D eigenvalue weighted by Gasteiger charge is -2.08. The molecule has 0 spiro atoms. The van der Waals surface area contributed by atoms with Crippen molar-refractivity contribution >= 4 is 69.4 Å². The molecule has 0 bridgehead atoms. The van der Waals surface area contributed by atoms with E-state index >= 15 is 0 Å². The zero-order valence-electron chi connectivity index (χ0n) is 15.9. The number of hydrogen-bond acceptors (Lipinski definition) is 2. The highest BCUT2D eigenvalue weighted by molar-refractivity contribution is 6.37. The van der Waals surface area contributed by atoms with E-state index in [4.69, 9.17) is 46.4 Å². The zero-order valence-corrected chi connectivity index (χ0v) is 19.0. The molecule has 3 aromatic carbocycles. The van der Waals surface area contributed by atoms with Gasteiger partial charge in [0.15, 0.2) is 0 Å². The summed E-state index contributed by atoms with van der Waals surface area (Å²) in [4.78, 5) is 12.4. The van der Waals surface area contributed by atoms with Crippen molar-refractivity contribution < 1.29 is 4.79 Å². The van der Waals surface area contributed by atoms with Gasteiger partial charge >= 0.3 is 0 Å². The molecule has 1 N–H and O–H groups in total. The van der Waals surface area contributed by atoms with Crippen molar-refractivity contribution in [1.29, 1.82) is 0 Å². The normalized spacial score (nSPS) is 11.4. The first-order valence-electron chi connectivity index (χ1n) is 9.22. The van der Waals surface area contributed by atoms with E-state index in [0.29, 0.717) is 27.2 Å². The quantitative estimate of drug-likeness (QED) is 0.236. The van der Waals surface area contributed by atoms with Gasteiger partial charge in [-0.15, -0.1) is 0 Å². The van der Waals surface area contributed by atoms with Gasteiger partial charge in [0, 0.05) is 44.3 Å². The van der Waals surface area contributed by atoms with Crippen LogP contribution in [0.25, 0.3) is 10.9 Å². The summed E-state index contributed by atoms with van der Waals surface area (Å²) >= 11 is 24.3. The fraction of sp³-hybridized carbons (Fsp3) is 0.0435. The molecular weight excluding hydrogens is 476 g/mol. The molecule has 0 saturated carbocycles. The van der Waals surface area contributed by atoms with Crippen molar-refractivity contribution in [3.8, 4) is 0 Å². The summed E-state index contributed by atoms with van der Waals surface area (Å²) < 4.78 is 2.07. The number of halogens is 4. The van der Waals surface area contributed by atoms with E-state index in [9.17, 15) is 4.79 Å². The number of carbonyl (C=O) groups excluding carboxylic acids is 1. The standard InChI is InChI=1S/C23H15Cl4N3O/c24-16-6-5-14(20(26)9-16)12-30-13-15(18-3-1-2-4-22(18)30)11-28-29-23(31)19-8-7-17(25)10-21(19)27/h1-11,13H,12H2,(H,29,31)/b28-11-. The van der Waals surface area contributed by atoms with Gasteiger partial charge in [0.1, 0.15) is 0 Å². The molecule has 0 atom stereocenters. The number of fused-ring (bicyclic) bond motifs is 1. The maximum absolute atomic E-state index is 12.4. The molecule has 0 aliphatic rings. The van der Waals surface area contributed by atoms with Gasteiger partial charge in [0.25, 0.3) is 5.91 Å². The first-order valence-corrected chi connectivity index (χ1v) is 10.7. The van der Waals surface area contributed by atoms with Crippen LogP contribution in [-0.2, 0) is 6.54 Å². The number of nitrogens with zero attached hydrogens (tertiary/aromatic N) is 2. The molecule has 1 aromatic heterocycles. The lowest BCUT2D eigenvalue weighted by molar-refractivity contribution is 0.0955. The highest BCUT2D eigenvalue weighted by Gasteiger charge is 2.11. The molecule has 1 heterocycles.